The molecule has 0 atom stereocenters. The van der Waals surface area contributed by atoms with E-state index in [0.29, 0.717) is 11.7 Å². The fourth-order valence-electron chi connectivity index (χ4n) is 1.67. The SMILES string of the molecule is CNCc1ccc(OCc2nc(C(C)(C)C)no2)cc1. The van der Waals surface area contributed by atoms with E-state index >= 15 is 0 Å². The minimum absolute atomic E-state index is 0.115. The fourth-order valence-corrected chi connectivity index (χ4v) is 1.67. The van der Waals surface area contributed by atoms with Crippen molar-refractivity contribution >= 4 is 0 Å². The maximum atomic E-state index is 5.63. The van der Waals surface area contributed by atoms with E-state index in [1.165, 1.54) is 5.56 Å². The van der Waals surface area contributed by atoms with Gasteiger partial charge < -0.3 is 14.6 Å². The number of rotatable bonds is 5. The van der Waals surface area contributed by atoms with Gasteiger partial charge in [0.15, 0.2) is 12.4 Å². The van der Waals surface area contributed by atoms with Crippen molar-refractivity contribution in [2.24, 2.45) is 0 Å². The van der Waals surface area contributed by atoms with Crippen molar-refractivity contribution in [1.29, 1.82) is 0 Å². The van der Waals surface area contributed by atoms with Crippen LogP contribution in [-0.4, -0.2) is 17.2 Å². The van der Waals surface area contributed by atoms with Crippen molar-refractivity contribution in [2.45, 2.75) is 39.3 Å². The van der Waals surface area contributed by atoms with Crippen LogP contribution in [0.15, 0.2) is 28.8 Å². The van der Waals surface area contributed by atoms with E-state index < -0.39 is 0 Å². The van der Waals surface area contributed by atoms with Crippen molar-refractivity contribution in [3.63, 3.8) is 0 Å². The van der Waals surface area contributed by atoms with Crippen LogP contribution in [0.25, 0.3) is 0 Å². The summed E-state index contributed by atoms with van der Waals surface area (Å²) in [6.45, 7) is 7.27. The summed E-state index contributed by atoms with van der Waals surface area (Å²) in [6, 6.07) is 7.93. The van der Waals surface area contributed by atoms with Gasteiger partial charge in [0.25, 0.3) is 5.89 Å². The topological polar surface area (TPSA) is 60.2 Å². The van der Waals surface area contributed by atoms with Crippen LogP contribution in [0.1, 0.15) is 38.0 Å². The monoisotopic (exact) mass is 275 g/mol. The predicted molar refractivity (Wildman–Crippen MR) is 76.5 cm³/mol. The molecule has 0 unspecified atom stereocenters. The second-order valence-corrected chi connectivity index (χ2v) is 5.72. The quantitative estimate of drug-likeness (QED) is 0.909. The number of benzene rings is 1. The van der Waals surface area contributed by atoms with Gasteiger partial charge >= 0.3 is 0 Å². The lowest BCUT2D eigenvalue weighted by Gasteiger charge is -2.10. The highest BCUT2D eigenvalue weighted by molar-refractivity contribution is 5.27. The summed E-state index contributed by atoms with van der Waals surface area (Å²) in [5.41, 5.74) is 1.10. The van der Waals surface area contributed by atoms with Gasteiger partial charge in [-0.1, -0.05) is 38.1 Å². The number of hydrogen-bond donors (Lipinski definition) is 1. The zero-order valence-electron chi connectivity index (χ0n) is 12.4. The molecule has 108 valence electrons. The zero-order valence-corrected chi connectivity index (χ0v) is 12.4. The smallest absolute Gasteiger partial charge is 0.264 e. The molecule has 0 aliphatic rings. The lowest BCUT2D eigenvalue weighted by molar-refractivity contribution is 0.242. The summed E-state index contributed by atoms with van der Waals surface area (Å²) in [7, 11) is 1.92. The van der Waals surface area contributed by atoms with E-state index in [9.17, 15) is 0 Å². The molecule has 0 fully saturated rings. The highest BCUT2D eigenvalue weighted by Crippen LogP contribution is 2.19. The number of aromatic nitrogens is 2. The van der Waals surface area contributed by atoms with Gasteiger partial charge in [0.2, 0.25) is 0 Å². The summed E-state index contributed by atoms with van der Waals surface area (Å²) in [6.07, 6.45) is 0. The summed E-state index contributed by atoms with van der Waals surface area (Å²) >= 11 is 0. The van der Waals surface area contributed by atoms with E-state index in [-0.39, 0.29) is 12.0 Å². The maximum Gasteiger partial charge on any atom is 0.264 e. The van der Waals surface area contributed by atoms with Crippen LogP contribution in [0.3, 0.4) is 0 Å². The summed E-state index contributed by atoms with van der Waals surface area (Å²) in [5, 5.41) is 7.07. The van der Waals surface area contributed by atoms with Crippen LogP contribution in [0.5, 0.6) is 5.75 Å². The maximum absolute atomic E-state index is 5.63. The van der Waals surface area contributed by atoms with Gasteiger partial charge in [0, 0.05) is 12.0 Å². The van der Waals surface area contributed by atoms with E-state index in [2.05, 4.69) is 15.5 Å². The first-order chi connectivity index (χ1) is 9.49. The second kappa shape index (κ2) is 6.05. The summed E-state index contributed by atoms with van der Waals surface area (Å²) in [5.74, 6) is 1.98. The van der Waals surface area contributed by atoms with Crippen LogP contribution in [0.2, 0.25) is 0 Å². The van der Waals surface area contributed by atoms with Gasteiger partial charge in [-0.25, -0.2) is 0 Å². The number of ether oxygens (including phenoxy) is 1. The van der Waals surface area contributed by atoms with Gasteiger partial charge in [-0.05, 0) is 24.7 Å². The first-order valence-corrected chi connectivity index (χ1v) is 6.68. The molecule has 0 aliphatic heterocycles. The molecule has 5 nitrogen and oxygen atoms in total. The zero-order chi connectivity index (χ0) is 14.6. The standard InChI is InChI=1S/C15H21N3O2/c1-15(2,3)14-17-13(20-18-14)10-19-12-7-5-11(6-8-12)9-16-4/h5-8,16H,9-10H2,1-4H3. The molecule has 2 rings (SSSR count). The first kappa shape index (κ1) is 14.5. The number of nitrogens with one attached hydrogen (secondary N) is 1. The normalized spacial score (nSPS) is 11.6. The van der Waals surface area contributed by atoms with Crippen LogP contribution in [0, 0.1) is 0 Å². The van der Waals surface area contributed by atoms with Crippen LogP contribution in [-0.2, 0) is 18.6 Å². The Kier molecular flexibility index (Phi) is 4.39. The number of hydrogen-bond acceptors (Lipinski definition) is 5. The Hall–Kier alpha value is -1.88. The molecule has 1 aromatic heterocycles. The van der Waals surface area contributed by atoms with E-state index in [1.807, 2.05) is 52.1 Å². The third kappa shape index (κ3) is 3.81. The summed E-state index contributed by atoms with van der Waals surface area (Å²) in [4.78, 5) is 4.33. The number of nitrogens with zero attached hydrogens (tertiary/aromatic N) is 2. The van der Waals surface area contributed by atoms with E-state index in [1.54, 1.807) is 0 Å². The van der Waals surface area contributed by atoms with E-state index in [4.69, 9.17) is 9.26 Å². The largest absolute Gasteiger partial charge is 0.484 e. The minimum Gasteiger partial charge on any atom is -0.484 e. The van der Waals surface area contributed by atoms with Gasteiger partial charge in [-0.2, -0.15) is 4.98 Å². The van der Waals surface area contributed by atoms with Crippen LogP contribution in [0.4, 0.5) is 0 Å². The average Bonchev–Trinajstić information content (AvgIpc) is 2.87. The van der Waals surface area contributed by atoms with E-state index in [0.717, 1.165) is 12.3 Å². The van der Waals surface area contributed by atoms with Gasteiger partial charge in [0.05, 0.1) is 0 Å². The molecular formula is C15H21N3O2. The van der Waals surface area contributed by atoms with Crippen molar-refractivity contribution in [3.8, 4) is 5.75 Å². The van der Waals surface area contributed by atoms with Crippen LogP contribution >= 0.6 is 0 Å². The third-order valence-corrected chi connectivity index (χ3v) is 2.81. The molecule has 0 saturated heterocycles. The lowest BCUT2D eigenvalue weighted by atomic mass is 9.96. The molecule has 1 heterocycles. The average molecular weight is 275 g/mol. The van der Waals surface area contributed by atoms with Gasteiger partial charge in [0.1, 0.15) is 5.75 Å². The Morgan fingerprint density at radius 3 is 2.45 bits per heavy atom. The minimum atomic E-state index is -0.115. The van der Waals surface area contributed by atoms with Gasteiger partial charge in [-0.3, -0.25) is 0 Å². The van der Waals surface area contributed by atoms with Crippen molar-refractivity contribution in [2.75, 3.05) is 7.05 Å². The highest BCUT2D eigenvalue weighted by Gasteiger charge is 2.20. The van der Waals surface area contributed by atoms with Gasteiger partial charge in [-0.15, -0.1) is 0 Å². The molecule has 0 spiro atoms. The Balaban J connectivity index is 1.93. The summed E-state index contributed by atoms with van der Waals surface area (Å²) < 4.78 is 10.8. The first-order valence-electron chi connectivity index (χ1n) is 6.68. The predicted octanol–water partition coefficient (Wildman–Crippen LogP) is 2.67. The molecule has 1 N–H and O–H groups in total. The van der Waals surface area contributed by atoms with Crippen LogP contribution < -0.4 is 10.1 Å². The molecule has 2 aromatic rings. The Bertz CT molecular complexity index is 541. The molecule has 0 amide bonds. The molecule has 1 aromatic carbocycles. The Morgan fingerprint density at radius 2 is 1.90 bits per heavy atom. The third-order valence-electron chi connectivity index (χ3n) is 2.81. The molecule has 0 saturated carbocycles. The molecular weight excluding hydrogens is 254 g/mol. The second-order valence-electron chi connectivity index (χ2n) is 5.72. The fraction of sp³-hybridized carbons (Fsp3) is 0.467. The molecule has 0 bridgehead atoms. The van der Waals surface area contributed by atoms with Crippen molar-refractivity contribution < 1.29 is 9.26 Å². The lowest BCUT2D eigenvalue weighted by Crippen LogP contribution is -2.13. The molecule has 20 heavy (non-hydrogen) atoms. The van der Waals surface area contributed by atoms with Crippen molar-refractivity contribution in [1.82, 2.24) is 15.5 Å². The molecule has 0 radical (unpaired) electrons. The molecule has 0 aliphatic carbocycles. The van der Waals surface area contributed by atoms with Crippen molar-refractivity contribution in [3.05, 3.63) is 41.5 Å². The Morgan fingerprint density at radius 1 is 1.20 bits per heavy atom. The highest BCUT2D eigenvalue weighted by atomic mass is 16.5. The molecule has 5 heteroatoms. The Labute approximate surface area is 119 Å².